The van der Waals surface area contributed by atoms with Crippen LogP contribution >= 0.6 is 7.82 Å². The maximum Gasteiger partial charge on any atom is 0.528 e. The molecule has 0 spiro atoms. The van der Waals surface area contributed by atoms with Gasteiger partial charge in [0.15, 0.2) is 0 Å². The van der Waals surface area contributed by atoms with E-state index in [4.69, 9.17) is 0 Å². The van der Waals surface area contributed by atoms with Gasteiger partial charge in [0.25, 0.3) is 7.82 Å². The lowest BCUT2D eigenvalue weighted by Gasteiger charge is -2.23. The first kappa shape index (κ1) is 18.5. The molecule has 0 aromatic heterocycles. The van der Waals surface area contributed by atoms with Gasteiger partial charge in [0.1, 0.15) is 0 Å². The molecule has 0 bridgehead atoms. The number of hydrogen-bond acceptors (Lipinski definition) is 4. The molecule has 2 rings (SSSR count). The summed E-state index contributed by atoms with van der Waals surface area (Å²) in [5.74, 6) is 0.577. The summed E-state index contributed by atoms with van der Waals surface area (Å²) in [7, 11) is -5.34. The van der Waals surface area contributed by atoms with Crippen molar-refractivity contribution in [3.63, 3.8) is 0 Å². The summed E-state index contributed by atoms with van der Waals surface area (Å²) < 4.78 is 53.6. The summed E-state index contributed by atoms with van der Waals surface area (Å²) in [6, 6.07) is 8.04. The highest BCUT2D eigenvalue weighted by molar-refractivity contribution is 7.45. The van der Waals surface area contributed by atoms with E-state index in [1.165, 1.54) is 31.2 Å². The fourth-order valence-electron chi connectivity index (χ4n) is 2.87. The van der Waals surface area contributed by atoms with Crippen LogP contribution in [-0.2, 0) is 20.0 Å². The van der Waals surface area contributed by atoms with Gasteiger partial charge in [-0.3, -0.25) is 4.57 Å². The molecular weight excluding hydrogens is 332 g/mol. The van der Waals surface area contributed by atoms with Crippen LogP contribution in [0.25, 0.3) is 0 Å². The first-order chi connectivity index (χ1) is 10.8. The van der Waals surface area contributed by atoms with Crippen molar-refractivity contribution in [3.8, 4) is 0 Å². The minimum atomic E-state index is -5.34. The fraction of sp³-hybridized carbons (Fsp3) is 0.600. The lowest BCUT2D eigenvalue weighted by Crippen LogP contribution is -2.19. The fourth-order valence-corrected chi connectivity index (χ4v) is 3.53. The van der Waals surface area contributed by atoms with Crippen LogP contribution in [0.3, 0.4) is 0 Å². The number of halogens is 3. The summed E-state index contributed by atoms with van der Waals surface area (Å²) in [4.78, 5) is 10.9. The zero-order valence-electron chi connectivity index (χ0n) is 12.6. The van der Waals surface area contributed by atoms with E-state index in [1.54, 1.807) is 0 Å². The highest BCUT2D eigenvalue weighted by Gasteiger charge is 2.35. The standard InChI is InChI=1S/C15H20F3O4P/c16-15(17,18)22-23(19,20)21-10-4-6-12-5-3-9-14(11-12)13-7-1-2-8-13/h3,5,9,11,13H,1-2,4,6-8,10H2,(H,19,20)/p-1. The molecule has 1 unspecified atom stereocenters. The molecule has 0 radical (unpaired) electrons. The van der Waals surface area contributed by atoms with E-state index in [1.807, 2.05) is 12.1 Å². The summed E-state index contributed by atoms with van der Waals surface area (Å²) in [5.41, 5.74) is 2.30. The second-order valence-corrected chi connectivity index (χ2v) is 6.98. The molecule has 8 heteroatoms. The Morgan fingerprint density at radius 3 is 2.61 bits per heavy atom. The molecule has 0 aliphatic heterocycles. The molecule has 1 atom stereocenters. The number of aryl methyl sites for hydroxylation is 1. The van der Waals surface area contributed by atoms with Crippen molar-refractivity contribution < 1.29 is 31.7 Å². The second-order valence-electron chi connectivity index (χ2n) is 5.65. The lowest BCUT2D eigenvalue weighted by atomic mass is 9.95. The number of alkyl halides is 3. The average molecular weight is 351 g/mol. The summed E-state index contributed by atoms with van der Waals surface area (Å²) >= 11 is 0. The number of phosphoric acid groups is 1. The smallest absolute Gasteiger partial charge is 0.528 e. The van der Waals surface area contributed by atoms with E-state index in [9.17, 15) is 22.6 Å². The van der Waals surface area contributed by atoms with Gasteiger partial charge < -0.3 is 9.42 Å². The second kappa shape index (κ2) is 7.79. The van der Waals surface area contributed by atoms with E-state index in [-0.39, 0.29) is 6.61 Å². The van der Waals surface area contributed by atoms with Crippen LogP contribution in [-0.4, -0.2) is 13.0 Å². The Balaban J connectivity index is 1.78. The topological polar surface area (TPSA) is 58.6 Å². The highest BCUT2D eigenvalue weighted by atomic mass is 31.2. The van der Waals surface area contributed by atoms with E-state index in [2.05, 4.69) is 21.2 Å². The maximum absolute atomic E-state index is 11.8. The molecule has 1 saturated carbocycles. The van der Waals surface area contributed by atoms with Crippen LogP contribution in [0.5, 0.6) is 0 Å². The van der Waals surface area contributed by atoms with Gasteiger partial charge in [-0.1, -0.05) is 37.1 Å². The molecule has 1 aliphatic rings. The Kier molecular flexibility index (Phi) is 6.26. The summed E-state index contributed by atoms with van der Waals surface area (Å²) in [6.45, 7) is -0.343. The van der Waals surface area contributed by atoms with Gasteiger partial charge in [0, 0.05) is 0 Å². The van der Waals surface area contributed by atoms with Gasteiger partial charge >= 0.3 is 6.36 Å². The highest BCUT2D eigenvalue weighted by Crippen LogP contribution is 2.44. The Labute approximate surface area is 133 Å². The molecule has 1 aliphatic carbocycles. The van der Waals surface area contributed by atoms with E-state index in [0.717, 1.165) is 5.56 Å². The first-order valence-corrected chi connectivity index (χ1v) is 9.03. The van der Waals surface area contributed by atoms with Crippen LogP contribution in [0.4, 0.5) is 13.2 Å². The number of rotatable bonds is 7. The largest absolute Gasteiger partial charge is 0.756 e. The van der Waals surface area contributed by atoms with E-state index in [0.29, 0.717) is 18.8 Å². The minimum absolute atomic E-state index is 0.293. The third-order valence-electron chi connectivity index (χ3n) is 3.85. The van der Waals surface area contributed by atoms with Crippen molar-refractivity contribution in [1.82, 2.24) is 0 Å². The normalized spacial score (nSPS) is 19.0. The monoisotopic (exact) mass is 351 g/mol. The Hall–Kier alpha value is -0.880. The predicted molar refractivity (Wildman–Crippen MR) is 76.7 cm³/mol. The van der Waals surface area contributed by atoms with E-state index < -0.39 is 14.2 Å². The van der Waals surface area contributed by atoms with Crippen LogP contribution in [0.1, 0.15) is 49.1 Å². The Morgan fingerprint density at radius 2 is 1.96 bits per heavy atom. The van der Waals surface area contributed by atoms with Crippen molar-refractivity contribution >= 4 is 7.82 Å². The summed E-state index contributed by atoms with van der Waals surface area (Å²) in [6.07, 6.45) is 0.407. The number of benzene rings is 1. The quantitative estimate of drug-likeness (QED) is 0.543. The zero-order valence-corrected chi connectivity index (χ0v) is 13.4. The predicted octanol–water partition coefficient (Wildman–Crippen LogP) is 4.30. The molecule has 0 saturated heterocycles. The number of hydrogen-bond donors (Lipinski definition) is 0. The molecule has 130 valence electrons. The van der Waals surface area contributed by atoms with Crippen molar-refractivity contribution in [2.24, 2.45) is 0 Å². The van der Waals surface area contributed by atoms with Crippen LogP contribution in [0.2, 0.25) is 0 Å². The minimum Gasteiger partial charge on any atom is -0.756 e. The molecule has 23 heavy (non-hydrogen) atoms. The van der Waals surface area contributed by atoms with Gasteiger partial charge in [0.05, 0.1) is 6.61 Å². The van der Waals surface area contributed by atoms with Crippen molar-refractivity contribution in [2.75, 3.05) is 6.61 Å². The third kappa shape index (κ3) is 6.63. The van der Waals surface area contributed by atoms with Crippen molar-refractivity contribution in [1.29, 1.82) is 0 Å². The maximum atomic E-state index is 11.8. The Morgan fingerprint density at radius 1 is 1.26 bits per heavy atom. The SMILES string of the molecule is O=P([O-])(OCCCc1cccc(C2CCCC2)c1)OC(F)(F)F. The van der Waals surface area contributed by atoms with Crippen molar-refractivity contribution in [2.45, 2.75) is 50.8 Å². The molecule has 0 amide bonds. The molecule has 4 nitrogen and oxygen atoms in total. The van der Waals surface area contributed by atoms with Gasteiger partial charge in [-0.2, -0.15) is 0 Å². The lowest BCUT2D eigenvalue weighted by molar-refractivity contribution is -0.322. The zero-order chi connectivity index (χ0) is 16.9. The van der Waals surface area contributed by atoms with Crippen LogP contribution in [0.15, 0.2) is 24.3 Å². The molecule has 0 N–H and O–H groups in total. The molecule has 1 fully saturated rings. The molecule has 0 heterocycles. The molecular formula is C15H19F3O4P-. The van der Waals surface area contributed by atoms with Crippen molar-refractivity contribution in [3.05, 3.63) is 35.4 Å². The molecule has 1 aromatic carbocycles. The van der Waals surface area contributed by atoms with Gasteiger partial charge in [0.2, 0.25) is 0 Å². The first-order valence-electron chi connectivity index (χ1n) is 7.57. The van der Waals surface area contributed by atoms with Gasteiger partial charge in [-0.05, 0) is 42.7 Å². The number of phosphoric ester groups is 1. The molecule has 1 aromatic rings. The summed E-state index contributed by atoms with van der Waals surface area (Å²) in [5, 5.41) is 0. The van der Waals surface area contributed by atoms with E-state index >= 15 is 0 Å². The Bertz CT molecular complexity index is 556. The third-order valence-corrected chi connectivity index (χ3v) is 4.78. The average Bonchev–Trinajstić information content (AvgIpc) is 2.95. The van der Waals surface area contributed by atoms with Crippen LogP contribution in [0, 0.1) is 0 Å². The van der Waals surface area contributed by atoms with Crippen LogP contribution < -0.4 is 4.89 Å². The van der Waals surface area contributed by atoms with Gasteiger partial charge in [-0.15, -0.1) is 13.2 Å². The van der Waals surface area contributed by atoms with Gasteiger partial charge in [-0.25, -0.2) is 4.52 Å².